The molecule has 3 rings (SSSR count). The van der Waals surface area contributed by atoms with Crippen molar-refractivity contribution < 1.29 is 8.42 Å². The average Bonchev–Trinajstić information content (AvgIpc) is 2.97. The Balaban J connectivity index is 1.83. The SMILES string of the molecule is N#CCc1ccc(NS(=O)(=O)c2ccc3c(c2)CCC3)cc1. The zero-order valence-corrected chi connectivity index (χ0v) is 12.9. The standard InChI is InChI=1S/C17H16N2O2S/c18-11-10-13-4-7-16(8-5-13)19-22(20,21)17-9-6-14-2-1-3-15(14)12-17/h4-9,12,19H,1-3,10H2. The predicted octanol–water partition coefficient (Wildman–Crippen LogP) is 3.04. The first-order chi connectivity index (χ1) is 10.6. The molecule has 0 atom stereocenters. The molecule has 0 heterocycles. The summed E-state index contributed by atoms with van der Waals surface area (Å²) in [4.78, 5) is 0.300. The molecule has 0 amide bonds. The minimum atomic E-state index is -3.58. The third kappa shape index (κ3) is 2.97. The van der Waals surface area contributed by atoms with Crippen molar-refractivity contribution in [2.75, 3.05) is 4.72 Å². The third-order valence-corrected chi connectivity index (χ3v) is 5.25. The van der Waals surface area contributed by atoms with Crippen LogP contribution in [0.3, 0.4) is 0 Å². The molecule has 0 bridgehead atoms. The molecule has 22 heavy (non-hydrogen) atoms. The van der Waals surface area contributed by atoms with Crippen molar-refractivity contribution in [2.45, 2.75) is 30.6 Å². The molecule has 0 radical (unpaired) electrons. The molecule has 1 aliphatic carbocycles. The topological polar surface area (TPSA) is 70.0 Å². The fourth-order valence-electron chi connectivity index (χ4n) is 2.71. The number of sulfonamides is 1. The van der Waals surface area contributed by atoms with Gasteiger partial charge in [0.1, 0.15) is 0 Å². The molecule has 2 aromatic rings. The fraction of sp³-hybridized carbons (Fsp3) is 0.235. The molecule has 0 saturated carbocycles. The van der Waals surface area contributed by atoms with Gasteiger partial charge in [0.25, 0.3) is 10.0 Å². The largest absolute Gasteiger partial charge is 0.280 e. The number of aryl methyl sites for hydroxylation is 2. The molecule has 0 aromatic heterocycles. The Hall–Kier alpha value is -2.32. The number of hydrogen-bond acceptors (Lipinski definition) is 3. The van der Waals surface area contributed by atoms with Gasteiger partial charge in [-0.2, -0.15) is 5.26 Å². The number of rotatable bonds is 4. The summed E-state index contributed by atoms with van der Waals surface area (Å²) >= 11 is 0. The van der Waals surface area contributed by atoms with Gasteiger partial charge in [-0.25, -0.2) is 8.42 Å². The molecule has 4 nitrogen and oxygen atoms in total. The van der Waals surface area contributed by atoms with Gasteiger partial charge in [-0.3, -0.25) is 4.72 Å². The maximum Gasteiger partial charge on any atom is 0.261 e. The van der Waals surface area contributed by atoms with Crippen molar-refractivity contribution in [3.05, 3.63) is 59.2 Å². The molecule has 0 fully saturated rings. The molecule has 0 spiro atoms. The van der Waals surface area contributed by atoms with E-state index in [9.17, 15) is 8.42 Å². The van der Waals surface area contributed by atoms with E-state index < -0.39 is 10.0 Å². The second-order valence-corrected chi connectivity index (χ2v) is 7.10. The van der Waals surface area contributed by atoms with Crippen LogP contribution in [0.2, 0.25) is 0 Å². The highest BCUT2D eigenvalue weighted by Gasteiger charge is 2.18. The highest BCUT2D eigenvalue weighted by atomic mass is 32.2. The lowest BCUT2D eigenvalue weighted by atomic mass is 10.1. The van der Waals surface area contributed by atoms with Gasteiger partial charge in [-0.1, -0.05) is 18.2 Å². The summed E-state index contributed by atoms with van der Waals surface area (Å²) in [6.07, 6.45) is 3.38. The Bertz CT molecular complexity index is 834. The normalized spacial score (nSPS) is 13.4. The second kappa shape index (κ2) is 5.82. The summed E-state index contributed by atoms with van der Waals surface area (Å²) in [7, 11) is -3.58. The highest BCUT2D eigenvalue weighted by molar-refractivity contribution is 7.92. The summed E-state index contributed by atoms with van der Waals surface area (Å²) in [5.41, 5.74) is 3.75. The molecule has 0 aliphatic heterocycles. The van der Waals surface area contributed by atoms with E-state index in [1.165, 1.54) is 5.56 Å². The Morgan fingerprint density at radius 1 is 1.05 bits per heavy atom. The van der Waals surface area contributed by atoms with Crippen molar-refractivity contribution in [3.8, 4) is 6.07 Å². The maximum absolute atomic E-state index is 12.4. The molecule has 1 aliphatic rings. The molecule has 2 aromatic carbocycles. The number of fused-ring (bicyclic) bond motifs is 1. The Morgan fingerprint density at radius 3 is 2.50 bits per heavy atom. The van der Waals surface area contributed by atoms with Crippen LogP contribution in [0, 0.1) is 11.3 Å². The van der Waals surface area contributed by atoms with Gasteiger partial charge in [0.2, 0.25) is 0 Å². The summed E-state index contributed by atoms with van der Waals surface area (Å²) < 4.78 is 27.5. The van der Waals surface area contributed by atoms with Crippen molar-refractivity contribution in [1.82, 2.24) is 0 Å². The molecule has 0 saturated heterocycles. The third-order valence-electron chi connectivity index (χ3n) is 3.87. The van der Waals surface area contributed by atoms with Crippen LogP contribution in [0.4, 0.5) is 5.69 Å². The van der Waals surface area contributed by atoms with Crippen LogP contribution in [0.1, 0.15) is 23.1 Å². The van der Waals surface area contributed by atoms with E-state index in [0.29, 0.717) is 17.0 Å². The van der Waals surface area contributed by atoms with Gasteiger partial charge >= 0.3 is 0 Å². The fourth-order valence-corrected chi connectivity index (χ4v) is 3.82. The van der Waals surface area contributed by atoms with Gasteiger partial charge in [0.05, 0.1) is 17.4 Å². The monoisotopic (exact) mass is 312 g/mol. The Labute approximate surface area is 130 Å². The zero-order valence-electron chi connectivity index (χ0n) is 12.0. The van der Waals surface area contributed by atoms with E-state index in [1.807, 2.05) is 6.07 Å². The van der Waals surface area contributed by atoms with E-state index in [-0.39, 0.29) is 0 Å². The zero-order chi connectivity index (χ0) is 15.6. The first kappa shape index (κ1) is 14.6. The molecule has 5 heteroatoms. The van der Waals surface area contributed by atoms with Crippen molar-refractivity contribution in [1.29, 1.82) is 5.26 Å². The van der Waals surface area contributed by atoms with Crippen molar-refractivity contribution in [2.24, 2.45) is 0 Å². The van der Waals surface area contributed by atoms with Gasteiger partial charge in [0.15, 0.2) is 0 Å². The molecule has 0 unspecified atom stereocenters. The van der Waals surface area contributed by atoms with E-state index in [1.54, 1.807) is 36.4 Å². The average molecular weight is 312 g/mol. The predicted molar refractivity (Wildman–Crippen MR) is 85.0 cm³/mol. The van der Waals surface area contributed by atoms with Gasteiger partial charge in [0, 0.05) is 5.69 Å². The van der Waals surface area contributed by atoms with Gasteiger partial charge < -0.3 is 0 Å². The number of nitriles is 1. The number of hydrogen-bond donors (Lipinski definition) is 1. The van der Waals surface area contributed by atoms with Crippen LogP contribution in [-0.2, 0) is 29.3 Å². The minimum Gasteiger partial charge on any atom is -0.280 e. The van der Waals surface area contributed by atoms with E-state index >= 15 is 0 Å². The van der Waals surface area contributed by atoms with Crippen molar-refractivity contribution >= 4 is 15.7 Å². The van der Waals surface area contributed by atoms with Gasteiger partial charge in [-0.15, -0.1) is 0 Å². The minimum absolute atomic E-state index is 0.300. The second-order valence-electron chi connectivity index (χ2n) is 5.42. The van der Waals surface area contributed by atoms with Crippen LogP contribution in [0.5, 0.6) is 0 Å². The lowest BCUT2D eigenvalue weighted by Gasteiger charge is -2.10. The Kier molecular flexibility index (Phi) is 3.86. The summed E-state index contributed by atoms with van der Waals surface area (Å²) in [5.74, 6) is 0. The quantitative estimate of drug-likeness (QED) is 0.943. The summed E-state index contributed by atoms with van der Waals surface area (Å²) in [5, 5.41) is 8.64. The molecular weight excluding hydrogens is 296 g/mol. The highest BCUT2D eigenvalue weighted by Crippen LogP contribution is 2.25. The summed E-state index contributed by atoms with van der Waals surface area (Å²) in [6, 6.07) is 14.3. The van der Waals surface area contributed by atoms with Gasteiger partial charge in [-0.05, 0) is 60.2 Å². The lowest BCUT2D eigenvalue weighted by Crippen LogP contribution is -2.13. The molecule has 112 valence electrons. The van der Waals surface area contributed by atoms with E-state index in [4.69, 9.17) is 5.26 Å². The van der Waals surface area contributed by atoms with Crippen molar-refractivity contribution in [3.63, 3.8) is 0 Å². The van der Waals surface area contributed by atoms with E-state index in [0.717, 1.165) is 30.4 Å². The van der Waals surface area contributed by atoms with Crippen LogP contribution < -0.4 is 4.72 Å². The smallest absolute Gasteiger partial charge is 0.261 e. The number of nitrogens with zero attached hydrogens (tertiary/aromatic N) is 1. The van der Waals surface area contributed by atoms with Crippen LogP contribution >= 0.6 is 0 Å². The number of nitrogens with one attached hydrogen (secondary N) is 1. The van der Waals surface area contributed by atoms with Crippen LogP contribution in [0.25, 0.3) is 0 Å². The summed E-state index contributed by atoms with van der Waals surface area (Å²) in [6.45, 7) is 0. The molecular formula is C17H16N2O2S. The van der Waals surface area contributed by atoms with E-state index in [2.05, 4.69) is 10.8 Å². The lowest BCUT2D eigenvalue weighted by molar-refractivity contribution is 0.601. The number of anilines is 1. The Morgan fingerprint density at radius 2 is 1.77 bits per heavy atom. The van der Waals surface area contributed by atoms with Crippen LogP contribution in [0.15, 0.2) is 47.4 Å². The first-order valence-corrected chi connectivity index (χ1v) is 8.67. The maximum atomic E-state index is 12.4. The van der Waals surface area contributed by atoms with Crippen LogP contribution in [-0.4, -0.2) is 8.42 Å². The molecule has 1 N–H and O–H groups in total. The first-order valence-electron chi connectivity index (χ1n) is 7.19. The number of benzene rings is 2.